The number of hydrogen-bond acceptors (Lipinski definition) is 6. The molecule has 0 saturated carbocycles. The Morgan fingerprint density at radius 2 is 1.58 bits per heavy atom. The van der Waals surface area contributed by atoms with Gasteiger partial charge in [-0.25, -0.2) is 13.2 Å². The van der Waals surface area contributed by atoms with Crippen LogP contribution in [0.4, 0.5) is 0 Å². The Hall–Kier alpha value is -2.42. The van der Waals surface area contributed by atoms with E-state index in [9.17, 15) is 4.79 Å². The largest absolute Gasteiger partial charge is 0.748 e. The third-order valence-electron chi connectivity index (χ3n) is 2.47. The van der Waals surface area contributed by atoms with Crippen LogP contribution in [0.15, 0.2) is 48.5 Å². The molecule has 7 nitrogen and oxygen atoms in total. The molecule has 0 aliphatic rings. The summed E-state index contributed by atoms with van der Waals surface area (Å²) in [6.45, 7) is 0. The SMILES string of the molecule is CS(=O)(=O)[O-].N=C(N)c1ccc(C(=O)Oc2ccccc2Cl)cc1. The Balaban J connectivity index is 0.000000505. The summed E-state index contributed by atoms with van der Waals surface area (Å²) < 4.78 is 32.4. The van der Waals surface area contributed by atoms with Crippen LogP contribution in [0.2, 0.25) is 5.02 Å². The Kier molecular flexibility index (Phi) is 6.90. The first-order valence-corrected chi connectivity index (χ1v) is 8.59. The van der Waals surface area contributed by atoms with E-state index in [0.29, 0.717) is 28.2 Å². The van der Waals surface area contributed by atoms with Gasteiger partial charge in [0, 0.05) is 11.8 Å². The van der Waals surface area contributed by atoms with Gasteiger partial charge in [-0.05, 0) is 24.3 Å². The average molecular weight is 370 g/mol. The van der Waals surface area contributed by atoms with Crippen molar-refractivity contribution in [1.82, 2.24) is 0 Å². The third-order valence-corrected chi connectivity index (χ3v) is 2.78. The number of benzene rings is 2. The van der Waals surface area contributed by atoms with Gasteiger partial charge in [-0.1, -0.05) is 35.9 Å². The normalized spacial score (nSPS) is 10.3. The molecule has 2 aromatic carbocycles. The van der Waals surface area contributed by atoms with Crippen LogP contribution in [0.5, 0.6) is 5.75 Å². The van der Waals surface area contributed by atoms with Crippen molar-refractivity contribution in [3.8, 4) is 5.75 Å². The summed E-state index contributed by atoms with van der Waals surface area (Å²) in [5.41, 5.74) is 6.25. The van der Waals surface area contributed by atoms with Crippen molar-refractivity contribution in [3.63, 3.8) is 0 Å². The fourth-order valence-corrected chi connectivity index (χ4v) is 1.65. The second-order valence-corrected chi connectivity index (χ2v) is 6.33. The number of hydrogen-bond donors (Lipinski definition) is 2. The van der Waals surface area contributed by atoms with E-state index < -0.39 is 16.1 Å². The molecule has 0 aromatic heterocycles. The smallest absolute Gasteiger partial charge is 0.343 e. The van der Waals surface area contributed by atoms with E-state index in [4.69, 9.17) is 40.5 Å². The Bertz CT molecular complexity index is 827. The van der Waals surface area contributed by atoms with Gasteiger partial charge in [-0.15, -0.1) is 0 Å². The molecule has 0 spiro atoms. The monoisotopic (exact) mass is 369 g/mol. The topological polar surface area (TPSA) is 133 Å². The second kappa shape index (κ2) is 8.44. The van der Waals surface area contributed by atoms with E-state index in [1.54, 1.807) is 48.5 Å². The first kappa shape index (κ1) is 19.6. The van der Waals surface area contributed by atoms with E-state index in [0.717, 1.165) is 0 Å². The van der Waals surface area contributed by atoms with Crippen LogP contribution in [0.3, 0.4) is 0 Å². The fourth-order valence-electron chi connectivity index (χ4n) is 1.47. The summed E-state index contributed by atoms with van der Waals surface area (Å²) in [6, 6.07) is 13.0. The number of rotatable bonds is 3. The Morgan fingerprint density at radius 3 is 2.04 bits per heavy atom. The van der Waals surface area contributed by atoms with Gasteiger partial charge in [0.05, 0.1) is 20.7 Å². The van der Waals surface area contributed by atoms with Crippen LogP contribution in [0.25, 0.3) is 0 Å². The van der Waals surface area contributed by atoms with Crippen molar-refractivity contribution < 1.29 is 22.5 Å². The van der Waals surface area contributed by atoms with Gasteiger partial charge >= 0.3 is 5.97 Å². The van der Waals surface area contributed by atoms with Crippen molar-refractivity contribution in [2.45, 2.75) is 0 Å². The molecule has 3 N–H and O–H groups in total. The van der Waals surface area contributed by atoms with Crippen LogP contribution in [0, 0.1) is 5.41 Å². The molecule has 0 saturated heterocycles. The molecule has 0 aliphatic heterocycles. The summed E-state index contributed by atoms with van der Waals surface area (Å²) in [7, 11) is -3.92. The second-order valence-electron chi connectivity index (χ2n) is 4.52. The molecule has 2 aromatic rings. The average Bonchev–Trinajstić information content (AvgIpc) is 2.48. The van der Waals surface area contributed by atoms with Gasteiger partial charge in [0.2, 0.25) is 0 Å². The highest BCUT2D eigenvalue weighted by Crippen LogP contribution is 2.24. The highest BCUT2D eigenvalue weighted by Gasteiger charge is 2.10. The van der Waals surface area contributed by atoms with Crippen LogP contribution in [-0.2, 0) is 10.1 Å². The van der Waals surface area contributed by atoms with E-state index in [1.807, 2.05) is 0 Å². The highest BCUT2D eigenvalue weighted by atomic mass is 35.5. The van der Waals surface area contributed by atoms with Gasteiger partial charge in [0.25, 0.3) is 0 Å². The Labute approximate surface area is 144 Å². The summed E-state index contributed by atoms with van der Waals surface area (Å²) in [4.78, 5) is 11.9. The number of halogens is 1. The molecule has 0 radical (unpaired) electrons. The number of nitrogen functional groups attached to an aromatic ring is 1. The predicted molar refractivity (Wildman–Crippen MR) is 89.5 cm³/mol. The predicted octanol–water partition coefficient (Wildman–Crippen LogP) is 2.00. The summed E-state index contributed by atoms with van der Waals surface area (Å²) in [5.74, 6) is -0.251. The van der Waals surface area contributed by atoms with Crippen molar-refractivity contribution in [2.75, 3.05) is 6.26 Å². The number of para-hydroxylation sites is 1. The molecule has 0 bridgehead atoms. The number of ether oxygens (including phenoxy) is 1. The Morgan fingerprint density at radius 1 is 1.12 bits per heavy atom. The number of nitrogens with one attached hydrogen (secondary N) is 1. The van der Waals surface area contributed by atoms with Crippen LogP contribution >= 0.6 is 11.6 Å². The number of carbonyl (C=O) groups is 1. The number of carbonyl (C=O) groups excluding carboxylic acids is 1. The lowest BCUT2D eigenvalue weighted by molar-refractivity contribution is 0.0735. The van der Waals surface area contributed by atoms with Gasteiger partial charge in [-0.3, -0.25) is 5.41 Å². The van der Waals surface area contributed by atoms with Gasteiger partial charge in [0.15, 0.2) is 0 Å². The standard InChI is InChI=1S/C14H11ClN2O2.CH4O3S/c15-11-3-1-2-4-12(11)19-14(18)10-7-5-9(6-8-10)13(16)17;1-5(2,3)4/h1-8H,(H3,16,17);1H3,(H,2,3,4)/p-1. The molecule has 24 heavy (non-hydrogen) atoms. The van der Waals surface area contributed by atoms with Crippen molar-refractivity contribution in [3.05, 3.63) is 64.7 Å². The number of esters is 1. The third kappa shape index (κ3) is 7.23. The lowest BCUT2D eigenvalue weighted by Gasteiger charge is -2.06. The van der Waals surface area contributed by atoms with Crippen molar-refractivity contribution in [1.29, 1.82) is 5.41 Å². The van der Waals surface area contributed by atoms with E-state index in [-0.39, 0.29) is 5.84 Å². The number of nitrogens with two attached hydrogens (primary N) is 1. The molecule has 0 aliphatic carbocycles. The molecule has 0 fully saturated rings. The number of amidine groups is 1. The molecule has 2 rings (SSSR count). The first-order valence-electron chi connectivity index (χ1n) is 6.40. The zero-order chi connectivity index (χ0) is 18.3. The van der Waals surface area contributed by atoms with Crippen LogP contribution in [-0.4, -0.2) is 31.0 Å². The fraction of sp³-hybridized carbons (Fsp3) is 0.0667. The van der Waals surface area contributed by atoms with Crippen LogP contribution < -0.4 is 10.5 Å². The first-order chi connectivity index (χ1) is 11.1. The molecule has 0 unspecified atom stereocenters. The van der Waals surface area contributed by atoms with Gasteiger partial charge in [-0.2, -0.15) is 0 Å². The lowest BCUT2D eigenvalue weighted by Crippen LogP contribution is -2.12. The van der Waals surface area contributed by atoms with Gasteiger partial charge in [0.1, 0.15) is 11.6 Å². The molecular weight excluding hydrogens is 356 g/mol. The van der Waals surface area contributed by atoms with Gasteiger partial charge < -0.3 is 15.0 Å². The van der Waals surface area contributed by atoms with E-state index in [1.165, 1.54) is 0 Å². The van der Waals surface area contributed by atoms with E-state index >= 15 is 0 Å². The van der Waals surface area contributed by atoms with Crippen molar-refractivity contribution >= 4 is 33.5 Å². The van der Waals surface area contributed by atoms with Crippen molar-refractivity contribution in [2.24, 2.45) is 5.73 Å². The zero-order valence-electron chi connectivity index (χ0n) is 12.5. The molecule has 9 heteroatoms. The molecule has 128 valence electrons. The molecule has 0 amide bonds. The maximum atomic E-state index is 11.9. The van der Waals surface area contributed by atoms with Crippen LogP contribution in [0.1, 0.15) is 15.9 Å². The molecule has 0 heterocycles. The molecule has 0 atom stereocenters. The van der Waals surface area contributed by atoms with E-state index in [2.05, 4.69) is 0 Å². The maximum absolute atomic E-state index is 11.9. The minimum absolute atomic E-state index is 0.0500. The summed E-state index contributed by atoms with van der Waals surface area (Å²) >= 11 is 5.90. The molecular formula is C15H14ClN2O5S-. The zero-order valence-corrected chi connectivity index (χ0v) is 14.1. The minimum Gasteiger partial charge on any atom is -0.748 e. The highest BCUT2D eigenvalue weighted by molar-refractivity contribution is 7.84. The minimum atomic E-state index is -3.92. The summed E-state index contributed by atoms with van der Waals surface area (Å²) in [6.07, 6.45) is 0.604. The quantitative estimate of drug-likeness (QED) is 0.279. The maximum Gasteiger partial charge on any atom is 0.343 e. The lowest BCUT2D eigenvalue weighted by atomic mass is 10.1. The summed E-state index contributed by atoms with van der Waals surface area (Å²) in [5, 5.41) is 7.64.